The van der Waals surface area contributed by atoms with E-state index in [2.05, 4.69) is 12.6 Å². The highest BCUT2D eigenvalue weighted by Gasteiger charge is 1.89. The number of carbonyl (C=O) groups is 1. The Bertz CT molecular complexity index is 202. The van der Waals surface area contributed by atoms with Crippen LogP contribution in [-0.2, 0) is 11.2 Å². The average molecular weight is 188 g/mol. The van der Waals surface area contributed by atoms with Gasteiger partial charge >= 0.3 is 0 Å². The SMILES string of the molecule is CC(=O)O.SCCc1ccco1. The molecular weight excluding hydrogens is 176 g/mol. The molecule has 1 N–H and O–H groups in total. The monoisotopic (exact) mass is 188 g/mol. The van der Waals surface area contributed by atoms with Crippen molar-refractivity contribution in [2.45, 2.75) is 13.3 Å². The average Bonchev–Trinajstić information content (AvgIpc) is 2.39. The number of carboxylic acids is 1. The molecule has 3 nitrogen and oxygen atoms in total. The second-order valence-electron chi connectivity index (χ2n) is 2.07. The third kappa shape index (κ3) is 7.21. The molecule has 0 atom stereocenters. The number of thiol groups is 1. The summed E-state index contributed by atoms with van der Waals surface area (Å²) in [5.74, 6) is 1.04. The predicted molar refractivity (Wildman–Crippen MR) is 49.6 cm³/mol. The Morgan fingerprint density at radius 2 is 2.33 bits per heavy atom. The summed E-state index contributed by atoms with van der Waals surface area (Å²) in [6.07, 6.45) is 2.61. The van der Waals surface area contributed by atoms with Gasteiger partial charge in [0.25, 0.3) is 5.97 Å². The van der Waals surface area contributed by atoms with E-state index < -0.39 is 5.97 Å². The highest BCUT2D eigenvalue weighted by molar-refractivity contribution is 7.80. The van der Waals surface area contributed by atoms with Gasteiger partial charge in [0, 0.05) is 13.3 Å². The highest BCUT2D eigenvalue weighted by Crippen LogP contribution is 2.00. The first kappa shape index (κ1) is 11.1. The second kappa shape index (κ2) is 6.79. The number of hydrogen-bond donors (Lipinski definition) is 2. The van der Waals surface area contributed by atoms with Crippen LogP contribution in [0.3, 0.4) is 0 Å². The van der Waals surface area contributed by atoms with Gasteiger partial charge < -0.3 is 9.52 Å². The Labute approximate surface area is 76.8 Å². The van der Waals surface area contributed by atoms with Crippen molar-refractivity contribution in [3.05, 3.63) is 24.2 Å². The molecule has 4 heteroatoms. The van der Waals surface area contributed by atoms with Gasteiger partial charge in [-0.3, -0.25) is 4.79 Å². The summed E-state index contributed by atoms with van der Waals surface area (Å²) in [5.41, 5.74) is 0. The topological polar surface area (TPSA) is 50.4 Å². The summed E-state index contributed by atoms with van der Waals surface area (Å²) >= 11 is 4.05. The molecule has 0 unspecified atom stereocenters. The molecule has 0 radical (unpaired) electrons. The van der Waals surface area contributed by atoms with Gasteiger partial charge in [0.2, 0.25) is 0 Å². The Kier molecular flexibility index (Phi) is 6.28. The van der Waals surface area contributed by atoms with E-state index in [4.69, 9.17) is 14.3 Å². The fourth-order valence-corrected chi connectivity index (χ4v) is 0.785. The molecule has 0 saturated heterocycles. The zero-order valence-electron chi connectivity index (χ0n) is 6.86. The quantitative estimate of drug-likeness (QED) is 0.696. The van der Waals surface area contributed by atoms with E-state index in [1.54, 1.807) is 6.26 Å². The second-order valence-corrected chi connectivity index (χ2v) is 2.52. The lowest BCUT2D eigenvalue weighted by molar-refractivity contribution is -0.134. The van der Waals surface area contributed by atoms with Crippen molar-refractivity contribution in [3.63, 3.8) is 0 Å². The zero-order chi connectivity index (χ0) is 9.40. The van der Waals surface area contributed by atoms with E-state index in [-0.39, 0.29) is 0 Å². The lowest BCUT2D eigenvalue weighted by atomic mass is 10.4. The first-order chi connectivity index (χ1) is 5.66. The van der Waals surface area contributed by atoms with Crippen molar-refractivity contribution in [2.75, 3.05) is 5.75 Å². The third-order valence-electron chi connectivity index (χ3n) is 0.938. The molecule has 0 aliphatic rings. The maximum atomic E-state index is 9.00. The molecular formula is C8H12O3S. The van der Waals surface area contributed by atoms with Gasteiger partial charge in [0.1, 0.15) is 5.76 Å². The van der Waals surface area contributed by atoms with E-state index in [1.807, 2.05) is 12.1 Å². The smallest absolute Gasteiger partial charge is 0.300 e. The molecule has 0 aromatic carbocycles. The summed E-state index contributed by atoms with van der Waals surface area (Å²) in [5, 5.41) is 7.42. The van der Waals surface area contributed by atoms with Gasteiger partial charge in [0.05, 0.1) is 6.26 Å². The maximum Gasteiger partial charge on any atom is 0.300 e. The van der Waals surface area contributed by atoms with Gasteiger partial charge in [-0.2, -0.15) is 12.6 Å². The largest absolute Gasteiger partial charge is 0.481 e. The lowest BCUT2D eigenvalue weighted by Crippen LogP contribution is -1.78. The van der Waals surface area contributed by atoms with Crippen molar-refractivity contribution in [1.29, 1.82) is 0 Å². The van der Waals surface area contributed by atoms with Gasteiger partial charge in [-0.15, -0.1) is 0 Å². The first-order valence-electron chi connectivity index (χ1n) is 3.49. The molecule has 0 aliphatic heterocycles. The maximum absolute atomic E-state index is 9.00. The fourth-order valence-electron chi connectivity index (χ4n) is 0.565. The van der Waals surface area contributed by atoms with Crippen LogP contribution in [0.1, 0.15) is 12.7 Å². The van der Waals surface area contributed by atoms with Crippen molar-refractivity contribution >= 4 is 18.6 Å². The predicted octanol–water partition coefficient (Wildman–Crippen LogP) is 1.84. The van der Waals surface area contributed by atoms with Crippen molar-refractivity contribution in [2.24, 2.45) is 0 Å². The van der Waals surface area contributed by atoms with Crippen LogP contribution in [0.25, 0.3) is 0 Å². The fraction of sp³-hybridized carbons (Fsp3) is 0.375. The van der Waals surface area contributed by atoms with Gasteiger partial charge in [-0.05, 0) is 17.9 Å². The molecule has 1 rings (SSSR count). The third-order valence-corrected chi connectivity index (χ3v) is 1.16. The van der Waals surface area contributed by atoms with Crippen LogP contribution in [0.4, 0.5) is 0 Å². The van der Waals surface area contributed by atoms with Crippen LogP contribution in [-0.4, -0.2) is 16.8 Å². The van der Waals surface area contributed by atoms with Gasteiger partial charge in [-0.1, -0.05) is 0 Å². The van der Waals surface area contributed by atoms with Crippen LogP contribution >= 0.6 is 12.6 Å². The molecule has 0 amide bonds. The Balaban J connectivity index is 0.000000261. The van der Waals surface area contributed by atoms with E-state index in [1.165, 1.54) is 0 Å². The molecule has 68 valence electrons. The Morgan fingerprint density at radius 1 is 1.75 bits per heavy atom. The summed E-state index contributed by atoms with van der Waals surface area (Å²) in [7, 11) is 0. The normalized spacial score (nSPS) is 8.50. The van der Waals surface area contributed by atoms with Crippen LogP contribution in [0.5, 0.6) is 0 Å². The minimum Gasteiger partial charge on any atom is -0.481 e. The van der Waals surface area contributed by atoms with E-state index in [9.17, 15) is 0 Å². The minimum atomic E-state index is -0.833. The number of hydrogen-bond acceptors (Lipinski definition) is 3. The lowest BCUT2D eigenvalue weighted by Gasteiger charge is -1.85. The molecule has 1 heterocycles. The van der Waals surface area contributed by atoms with Crippen LogP contribution in [0.15, 0.2) is 22.8 Å². The van der Waals surface area contributed by atoms with Gasteiger partial charge in [0.15, 0.2) is 0 Å². The first-order valence-corrected chi connectivity index (χ1v) is 4.13. The number of aliphatic carboxylic acids is 1. The minimum absolute atomic E-state index is 0.833. The summed E-state index contributed by atoms with van der Waals surface area (Å²) < 4.78 is 5.03. The Hall–Kier alpha value is -0.900. The van der Waals surface area contributed by atoms with Crippen molar-refractivity contribution in [1.82, 2.24) is 0 Å². The van der Waals surface area contributed by atoms with Crippen LogP contribution < -0.4 is 0 Å². The molecule has 0 aliphatic carbocycles. The van der Waals surface area contributed by atoms with E-state index in [0.717, 1.165) is 24.9 Å². The van der Waals surface area contributed by atoms with Crippen molar-refractivity contribution in [3.8, 4) is 0 Å². The standard InChI is InChI=1S/C6H8OS.C2H4O2/c8-5-3-6-2-1-4-7-6;1-2(3)4/h1-2,4,8H,3,5H2;1H3,(H,3,4). The van der Waals surface area contributed by atoms with Crippen LogP contribution in [0.2, 0.25) is 0 Å². The summed E-state index contributed by atoms with van der Waals surface area (Å²) in [6, 6.07) is 3.84. The molecule has 0 fully saturated rings. The molecule has 0 bridgehead atoms. The number of rotatable bonds is 2. The molecule has 0 spiro atoms. The molecule has 12 heavy (non-hydrogen) atoms. The number of furan rings is 1. The Morgan fingerprint density at radius 3 is 2.67 bits per heavy atom. The molecule has 1 aromatic rings. The number of aryl methyl sites for hydroxylation is 1. The molecule has 0 saturated carbocycles. The van der Waals surface area contributed by atoms with E-state index >= 15 is 0 Å². The van der Waals surface area contributed by atoms with E-state index in [0.29, 0.717) is 0 Å². The summed E-state index contributed by atoms with van der Waals surface area (Å²) in [4.78, 5) is 9.00. The van der Waals surface area contributed by atoms with Gasteiger partial charge in [-0.25, -0.2) is 0 Å². The number of carboxylic acid groups (broad SMARTS) is 1. The highest BCUT2D eigenvalue weighted by atomic mass is 32.1. The molecule has 1 aromatic heterocycles. The van der Waals surface area contributed by atoms with Crippen LogP contribution in [0, 0.1) is 0 Å². The van der Waals surface area contributed by atoms with Crippen molar-refractivity contribution < 1.29 is 14.3 Å². The summed E-state index contributed by atoms with van der Waals surface area (Å²) in [6.45, 7) is 1.08. The zero-order valence-corrected chi connectivity index (χ0v) is 7.75.